The summed E-state index contributed by atoms with van der Waals surface area (Å²) in [6, 6.07) is 6.54. The molecular formula is C17H28FN3O. The quantitative estimate of drug-likeness (QED) is 0.456. The van der Waals surface area contributed by atoms with Crippen LogP contribution in [0.3, 0.4) is 0 Å². The van der Waals surface area contributed by atoms with Crippen LogP contribution in [0, 0.1) is 11.7 Å². The molecule has 1 N–H and O–H groups in total. The second-order valence-electron chi connectivity index (χ2n) is 5.69. The summed E-state index contributed by atoms with van der Waals surface area (Å²) in [4.78, 5) is 6.58. The van der Waals surface area contributed by atoms with Gasteiger partial charge in [-0.05, 0) is 30.5 Å². The number of ether oxygens (including phenoxy) is 1. The lowest BCUT2D eigenvalue weighted by Crippen LogP contribution is -2.38. The van der Waals surface area contributed by atoms with Crippen molar-refractivity contribution in [2.24, 2.45) is 10.9 Å². The lowest BCUT2D eigenvalue weighted by Gasteiger charge is -2.22. The van der Waals surface area contributed by atoms with Crippen LogP contribution in [0.25, 0.3) is 0 Å². The molecule has 1 aromatic rings. The molecule has 0 amide bonds. The third-order valence-corrected chi connectivity index (χ3v) is 2.98. The SMILES string of the molecule is CCNC(=NCCOCC(C)C)N(C)Cc1ccc(F)cc1. The molecule has 0 fully saturated rings. The number of hydrogen-bond acceptors (Lipinski definition) is 2. The first-order chi connectivity index (χ1) is 10.5. The van der Waals surface area contributed by atoms with E-state index in [0.717, 1.165) is 24.7 Å². The molecule has 4 nitrogen and oxygen atoms in total. The minimum absolute atomic E-state index is 0.214. The van der Waals surface area contributed by atoms with Crippen molar-refractivity contribution in [1.29, 1.82) is 0 Å². The largest absolute Gasteiger partial charge is 0.379 e. The van der Waals surface area contributed by atoms with Gasteiger partial charge in [0, 0.05) is 26.7 Å². The Balaban J connectivity index is 2.51. The van der Waals surface area contributed by atoms with Crippen molar-refractivity contribution in [1.82, 2.24) is 10.2 Å². The summed E-state index contributed by atoms with van der Waals surface area (Å²) >= 11 is 0. The fraction of sp³-hybridized carbons (Fsp3) is 0.588. The average Bonchev–Trinajstić information content (AvgIpc) is 2.47. The third kappa shape index (κ3) is 7.41. The van der Waals surface area contributed by atoms with Gasteiger partial charge >= 0.3 is 0 Å². The van der Waals surface area contributed by atoms with Gasteiger partial charge in [-0.25, -0.2) is 4.39 Å². The Kier molecular flexibility index (Phi) is 8.51. The van der Waals surface area contributed by atoms with Crippen molar-refractivity contribution in [2.45, 2.75) is 27.3 Å². The molecule has 0 unspecified atom stereocenters. The van der Waals surface area contributed by atoms with Gasteiger partial charge in [-0.1, -0.05) is 26.0 Å². The van der Waals surface area contributed by atoms with E-state index < -0.39 is 0 Å². The van der Waals surface area contributed by atoms with Gasteiger partial charge in [-0.2, -0.15) is 0 Å². The Hall–Kier alpha value is -1.62. The molecule has 0 aliphatic carbocycles. The Morgan fingerprint density at radius 1 is 1.32 bits per heavy atom. The van der Waals surface area contributed by atoms with Gasteiger partial charge in [0.15, 0.2) is 5.96 Å². The van der Waals surface area contributed by atoms with E-state index in [1.807, 2.05) is 18.9 Å². The van der Waals surface area contributed by atoms with Crippen LogP contribution in [0.2, 0.25) is 0 Å². The van der Waals surface area contributed by atoms with E-state index in [1.165, 1.54) is 12.1 Å². The minimum atomic E-state index is -0.214. The Labute approximate surface area is 133 Å². The predicted octanol–water partition coefficient (Wildman–Crippen LogP) is 2.90. The second kappa shape index (κ2) is 10.2. The lowest BCUT2D eigenvalue weighted by molar-refractivity contribution is 0.116. The van der Waals surface area contributed by atoms with Crippen molar-refractivity contribution < 1.29 is 9.13 Å². The van der Waals surface area contributed by atoms with Crippen LogP contribution < -0.4 is 5.32 Å². The van der Waals surface area contributed by atoms with Gasteiger partial charge in [0.25, 0.3) is 0 Å². The van der Waals surface area contributed by atoms with Crippen LogP contribution in [-0.2, 0) is 11.3 Å². The standard InChI is InChI=1S/C17H28FN3O/c1-5-19-17(20-10-11-22-13-14(2)3)21(4)12-15-6-8-16(18)9-7-15/h6-9,14H,5,10-13H2,1-4H3,(H,19,20). The summed E-state index contributed by atoms with van der Waals surface area (Å²) < 4.78 is 18.5. The summed E-state index contributed by atoms with van der Waals surface area (Å²) in [5.74, 6) is 1.16. The van der Waals surface area contributed by atoms with Gasteiger partial charge in [0.1, 0.15) is 5.82 Å². The van der Waals surface area contributed by atoms with E-state index in [-0.39, 0.29) is 5.82 Å². The van der Waals surface area contributed by atoms with E-state index >= 15 is 0 Å². The number of rotatable bonds is 8. The van der Waals surface area contributed by atoms with E-state index in [0.29, 0.717) is 25.6 Å². The maximum absolute atomic E-state index is 12.9. The smallest absolute Gasteiger partial charge is 0.194 e. The van der Waals surface area contributed by atoms with E-state index in [1.54, 1.807) is 12.1 Å². The average molecular weight is 309 g/mol. The molecule has 0 saturated heterocycles. The van der Waals surface area contributed by atoms with Gasteiger partial charge in [0.05, 0.1) is 13.2 Å². The first kappa shape index (κ1) is 18.4. The Morgan fingerprint density at radius 2 is 2.00 bits per heavy atom. The molecular weight excluding hydrogens is 281 g/mol. The van der Waals surface area contributed by atoms with Crippen LogP contribution >= 0.6 is 0 Å². The van der Waals surface area contributed by atoms with Gasteiger partial charge < -0.3 is 15.0 Å². The number of aliphatic imine (C=N–C) groups is 1. The molecule has 0 aliphatic rings. The predicted molar refractivity (Wildman–Crippen MR) is 89.5 cm³/mol. The molecule has 22 heavy (non-hydrogen) atoms. The fourth-order valence-corrected chi connectivity index (χ4v) is 1.94. The molecule has 1 rings (SSSR count). The molecule has 1 aromatic carbocycles. The molecule has 0 bridgehead atoms. The number of benzene rings is 1. The zero-order chi connectivity index (χ0) is 16.4. The molecule has 5 heteroatoms. The molecule has 0 spiro atoms. The zero-order valence-electron chi connectivity index (χ0n) is 14.1. The number of halogens is 1. The summed E-state index contributed by atoms with van der Waals surface area (Å²) in [7, 11) is 1.97. The van der Waals surface area contributed by atoms with E-state index in [4.69, 9.17) is 4.74 Å². The number of hydrogen-bond donors (Lipinski definition) is 1. The van der Waals surface area contributed by atoms with Crippen LogP contribution in [-0.4, -0.2) is 44.2 Å². The summed E-state index contributed by atoms with van der Waals surface area (Å²) in [5, 5.41) is 3.26. The highest BCUT2D eigenvalue weighted by Crippen LogP contribution is 2.05. The molecule has 0 aromatic heterocycles. The number of guanidine groups is 1. The number of nitrogens with one attached hydrogen (secondary N) is 1. The molecule has 0 heterocycles. The highest BCUT2D eigenvalue weighted by atomic mass is 19.1. The minimum Gasteiger partial charge on any atom is -0.379 e. The fourth-order valence-electron chi connectivity index (χ4n) is 1.94. The van der Waals surface area contributed by atoms with Crippen LogP contribution in [0.15, 0.2) is 29.3 Å². The van der Waals surface area contributed by atoms with Gasteiger partial charge in [-0.15, -0.1) is 0 Å². The Bertz CT molecular complexity index is 446. The first-order valence-electron chi connectivity index (χ1n) is 7.84. The van der Waals surface area contributed by atoms with Crippen molar-refractivity contribution in [3.63, 3.8) is 0 Å². The zero-order valence-corrected chi connectivity index (χ0v) is 14.1. The summed E-state index contributed by atoms with van der Waals surface area (Å²) in [5.41, 5.74) is 1.05. The molecule has 0 aliphatic heterocycles. The number of nitrogens with zero attached hydrogens (tertiary/aromatic N) is 2. The van der Waals surface area contributed by atoms with Crippen molar-refractivity contribution in [3.05, 3.63) is 35.6 Å². The van der Waals surface area contributed by atoms with E-state index in [9.17, 15) is 4.39 Å². The van der Waals surface area contributed by atoms with Gasteiger partial charge in [0.2, 0.25) is 0 Å². The molecule has 0 atom stereocenters. The third-order valence-electron chi connectivity index (χ3n) is 2.98. The molecule has 0 radical (unpaired) electrons. The van der Waals surface area contributed by atoms with Gasteiger partial charge in [-0.3, -0.25) is 4.99 Å². The second-order valence-corrected chi connectivity index (χ2v) is 5.69. The highest BCUT2D eigenvalue weighted by Gasteiger charge is 2.06. The van der Waals surface area contributed by atoms with Crippen molar-refractivity contribution in [3.8, 4) is 0 Å². The van der Waals surface area contributed by atoms with Crippen LogP contribution in [0.1, 0.15) is 26.3 Å². The van der Waals surface area contributed by atoms with Crippen LogP contribution in [0.5, 0.6) is 0 Å². The molecule has 124 valence electrons. The highest BCUT2D eigenvalue weighted by molar-refractivity contribution is 5.79. The van der Waals surface area contributed by atoms with Crippen molar-refractivity contribution >= 4 is 5.96 Å². The molecule has 0 saturated carbocycles. The van der Waals surface area contributed by atoms with Crippen LogP contribution in [0.4, 0.5) is 4.39 Å². The maximum atomic E-state index is 12.9. The lowest BCUT2D eigenvalue weighted by atomic mass is 10.2. The summed E-state index contributed by atoms with van der Waals surface area (Å²) in [6.07, 6.45) is 0. The van der Waals surface area contributed by atoms with Crippen molar-refractivity contribution in [2.75, 3.05) is 33.4 Å². The normalized spacial score (nSPS) is 11.8. The first-order valence-corrected chi connectivity index (χ1v) is 7.84. The Morgan fingerprint density at radius 3 is 2.59 bits per heavy atom. The summed E-state index contributed by atoms with van der Waals surface area (Å²) in [6.45, 7) is 9.79. The topological polar surface area (TPSA) is 36.9 Å². The monoisotopic (exact) mass is 309 g/mol. The maximum Gasteiger partial charge on any atom is 0.194 e. The van der Waals surface area contributed by atoms with E-state index in [2.05, 4.69) is 24.2 Å².